The van der Waals surface area contributed by atoms with E-state index in [1.165, 1.54) is 19.2 Å². The van der Waals surface area contributed by atoms with Gasteiger partial charge in [-0.15, -0.1) is 0 Å². The Kier molecular flexibility index (Phi) is 7.57. The van der Waals surface area contributed by atoms with Crippen LogP contribution in [0.25, 0.3) is 11.3 Å². The van der Waals surface area contributed by atoms with Gasteiger partial charge in [-0.25, -0.2) is 9.97 Å². The molecule has 8 nitrogen and oxygen atoms in total. The molecule has 184 valence electrons. The number of esters is 1. The largest absolute Gasteiger partial charge is 0.469 e. The Morgan fingerprint density at radius 2 is 1.71 bits per heavy atom. The van der Waals surface area contributed by atoms with Crippen LogP contribution in [0.5, 0.6) is 0 Å². The molecule has 0 atom stereocenters. The Labute approximate surface area is 210 Å². The van der Waals surface area contributed by atoms with Gasteiger partial charge in [0.1, 0.15) is 11.6 Å². The van der Waals surface area contributed by atoms with Crippen LogP contribution in [0.1, 0.15) is 31.2 Å². The molecule has 2 N–H and O–H groups in total. The third-order valence-corrected chi connectivity index (χ3v) is 7.66. The molecule has 35 heavy (non-hydrogen) atoms. The highest BCUT2D eigenvalue weighted by Gasteiger charge is 2.27. The highest BCUT2D eigenvalue weighted by molar-refractivity contribution is 7.92. The van der Waals surface area contributed by atoms with E-state index >= 15 is 0 Å². The first-order valence-corrected chi connectivity index (χ1v) is 13.2. The number of anilines is 2. The number of hydrogen-bond donors (Lipinski definition) is 2. The number of aromatic nitrogens is 2. The summed E-state index contributed by atoms with van der Waals surface area (Å²) in [6.45, 7) is 1.94. The minimum absolute atomic E-state index is 0.0849. The number of rotatable bonds is 7. The topological polar surface area (TPSA) is 110 Å². The van der Waals surface area contributed by atoms with Gasteiger partial charge in [0.05, 0.1) is 23.7 Å². The predicted molar refractivity (Wildman–Crippen MR) is 136 cm³/mol. The second-order valence-electron chi connectivity index (χ2n) is 8.52. The number of hydrogen-bond acceptors (Lipinski definition) is 7. The Bertz CT molecular complexity index is 1320. The van der Waals surface area contributed by atoms with Crippen molar-refractivity contribution in [3.8, 4) is 11.3 Å². The van der Waals surface area contributed by atoms with E-state index in [1.54, 1.807) is 18.2 Å². The van der Waals surface area contributed by atoms with Gasteiger partial charge in [0.2, 0.25) is 0 Å². The lowest BCUT2D eigenvalue weighted by Gasteiger charge is -2.28. The third kappa shape index (κ3) is 5.91. The first-order valence-electron chi connectivity index (χ1n) is 11.3. The standard InChI is InChI=1S/C25H27ClN4O4S/c1-16-6-3-4-7-19(16)24-20(26)14-15-22(29-24)30-35(32,33)23-9-5-8-21(28-23)27-18-12-10-17(11-13-18)25(31)34-2/h3-9,14-15,17-18H,10-13H2,1-2H3,(H,27,28)(H,29,30). The summed E-state index contributed by atoms with van der Waals surface area (Å²) in [4.78, 5) is 20.5. The number of methoxy groups -OCH3 is 1. The number of halogens is 1. The average molecular weight is 515 g/mol. The second kappa shape index (κ2) is 10.6. The fourth-order valence-corrected chi connectivity index (χ4v) is 5.39. The molecule has 1 saturated carbocycles. The van der Waals surface area contributed by atoms with Crippen molar-refractivity contribution in [2.45, 2.75) is 43.7 Å². The van der Waals surface area contributed by atoms with Gasteiger partial charge in [-0.05, 0) is 62.4 Å². The average Bonchev–Trinajstić information content (AvgIpc) is 2.86. The smallest absolute Gasteiger partial charge is 0.308 e. The van der Waals surface area contributed by atoms with E-state index in [9.17, 15) is 13.2 Å². The Morgan fingerprint density at radius 3 is 2.43 bits per heavy atom. The van der Waals surface area contributed by atoms with Gasteiger partial charge in [0.25, 0.3) is 10.0 Å². The molecule has 0 bridgehead atoms. The van der Waals surface area contributed by atoms with Crippen LogP contribution < -0.4 is 10.0 Å². The number of ether oxygens (including phenoxy) is 1. The van der Waals surface area contributed by atoms with E-state index in [0.29, 0.717) is 16.5 Å². The van der Waals surface area contributed by atoms with E-state index in [4.69, 9.17) is 16.3 Å². The minimum atomic E-state index is -3.99. The summed E-state index contributed by atoms with van der Waals surface area (Å²) in [5.41, 5.74) is 2.30. The molecule has 1 aliphatic carbocycles. The zero-order chi connectivity index (χ0) is 25.0. The van der Waals surface area contributed by atoms with Gasteiger partial charge < -0.3 is 10.1 Å². The van der Waals surface area contributed by atoms with Gasteiger partial charge in [0.15, 0.2) is 5.03 Å². The van der Waals surface area contributed by atoms with E-state index in [2.05, 4.69) is 20.0 Å². The molecule has 0 saturated heterocycles. The van der Waals surface area contributed by atoms with Crippen molar-refractivity contribution in [3.05, 3.63) is 65.2 Å². The SMILES string of the molecule is COC(=O)C1CCC(Nc2cccc(S(=O)(=O)Nc3ccc(Cl)c(-c4ccccc4C)n3)n2)CC1. The van der Waals surface area contributed by atoms with Crippen molar-refractivity contribution in [1.82, 2.24) is 9.97 Å². The van der Waals surface area contributed by atoms with E-state index in [1.807, 2.05) is 31.2 Å². The highest BCUT2D eigenvalue weighted by Crippen LogP contribution is 2.31. The summed E-state index contributed by atoms with van der Waals surface area (Å²) in [6, 6.07) is 15.6. The summed E-state index contributed by atoms with van der Waals surface area (Å²) in [6.07, 6.45) is 2.98. The molecule has 2 aromatic heterocycles. The summed E-state index contributed by atoms with van der Waals surface area (Å²) < 4.78 is 33.5. The molecule has 1 aliphatic rings. The number of carbonyl (C=O) groups excluding carboxylic acids is 1. The molecular formula is C25H27ClN4O4S. The molecule has 3 aromatic rings. The monoisotopic (exact) mass is 514 g/mol. The fraction of sp³-hybridized carbons (Fsp3) is 0.320. The van der Waals surface area contributed by atoms with Crippen molar-refractivity contribution in [2.24, 2.45) is 5.92 Å². The molecule has 0 aliphatic heterocycles. The molecule has 0 unspecified atom stereocenters. The van der Waals surface area contributed by atoms with Crippen LogP contribution in [0.4, 0.5) is 11.6 Å². The zero-order valence-corrected chi connectivity index (χ0v) is 21.1. The quantitative estimate of drug-likeness (QED) is 0.424. The first kappa shape index (κ1) is 24.9. The molecule has 2 heterocycles. The second-order valence-corrected chi connectivity index (χ2v) is 10.6. The van der Waals surface area contributed by atoms with Crippen LogP contribution in [0, 0.1) is 12.8 Å². The van der Waals surface area contributed by atoms with E-state index in [0.717, 1.165) is 36.8 Å². The lowest BCUT2D eigenvalue weighted by atomic mass is 9.86. The summed E-state index contributed by atoms with van der Waals surface area (Å²) in [5.74, 6) is 0.341. The van der Waals surface area contributed by atoms with Gasteiger partial charge in [-0.3, -0.25) is 9.52 Å². The van der Waals surface area contributed by atoms with Crippen LogP contribution >= 0.6 is 11.6 Å². The first-order chi connectivity index (χ1) is 16.8. The molecule has 0 radical (unpaired) electrons. The van der Waals surface area contributed by atoms with E-state index < -0.39 is 10.0 Å². The lowest BCUT2D eigenvalue weighted by Crippen LogP contribution is -2.30. The maximum atomic E-state index is 13.1. The number of benzene rings is 1. The van der Waals surface area contributed by atoms with Crippen LogP contribution in [-0.4, -0.2) is 37.5 Å². The predicted octanol–water partition coefficient (Wildman–Crippen LogP) is 5.05. The van der Waals surface area contributed by atoms with Crippen LogP contribution in [-0.2, 0) is 19.6 Å². The summed E-state index contributed by atoms with van der Waals surface area (Å²) >= 11 is 6.35. The van der Waals surface area contributed by atoms with Crippen molar-refractivity contribution in [1.29, 1.82) is 0 Å². The molecule has 1 fully saturated rings. The third-order valence-electron chi connectivity index (χ3n) is 6.10. The molecule has 4 rings (SSSR count). The van der Waals surface area contributed by atoms with Gasteiger partial charge in [-0.2, -0.15) is 8.42 Å². The van der Waals surface area contributed by atoms with Crippen molar-refractivity contribution >= 4 is 39.2 Å². The van der Waals surface area contributed by atoms with Crippen LogP contribution in [0.15, 0.2) is 59.6 Å². The highest BCUT2D eigenvalue weighted by atomic mass is 35.5. The van der Waals surface area contributed by atoms with Gasteiger partial charge in [-0.1, -0.05) is 41.9 Å². The molecule has 0 spiro atoms. The molecular weight excluding hydrogens is 488 g/mol. The number of nitrogens with one attached hydrogen (secondary N) is 2. The van der Waals surface area contributed by atoms with Gasteiger partial charge in [0, 0.05) is 11.6 Å². The number of aryl methyl sites for hydroxylation is 1. The number of pyridine rings is 2. The minimum Gasteiger partial charge on any atom is -0.469 e. The van der Waals surface area contributed by atoms with Crippen LogP contribution in [0.3, 0.4) is 0 Å². The molecule has 1 aromatic carbocycles. The van der Waals surface area contributed by atoms with Crippen molar-refractivity contribution in [2.75, 3.05) is 17.1 Å². The van der Waals surface area contributed by atoms with E-state index in [-0.39, 0.29) is 28.8 Å². The van der Waals surface area contributed by atoms with Gasteiger partial charge >= 0.3 is 5.97 Å². The number of sulfonamides is 1. The molecule has 10 heteroatoms. The normalized spacial score (nSPS) is 18.0. The number of carbonyl (C=O) groups is 1. The van der Waals surface area contributed by atoms with Crippen molar-refractivity contribution < 1.29 is 17.9 Å². The molecule has 0 amide bonds. The Morgan fingerprint density at radius 1 is 0.971 bits per heavy atom. The fourth-order valence-electron chi connectivity index (χ4n) is 4.21. The Balaban J connectivity index is 1.48. The lowest BCUT2D eigenvalue weighted by molar-refractivity contribution is -0.146. The zero-order valence-electron chi connectivity index (χ0n) is 19.5. The van der Waals surface area contributed by atoms with Crippen molar-refractivity contribution in [3.63, 3.8) is 0 Å². The summed E-state index contributed by atoms with van der Waals surface area (Å²) in [7, 11) is -2.59. The van der Waals surface area contributed by atoms with Crippen LogP contribution in [0.2, 0.25) is 5.02 Å². The maximum absolute atomic E-state index is 13.1. The number of nitrogens with zero attached hydrogens (tertiary/aromatic N) is 2. The Hall–Kier alpha value is -3.17. The summed E-state index contributed by atoms with van der Waals surface area (Å²) in [5, 5.41) is 3.59. The maximum Gasteiger partial charge on any atom is 0.308 e.